The molecule has 1 N–H and O–H groups in total. The molecular formula is C24H21NO4. The third kappa shape index (κ3) is 3.59. The number of amides is 1. The molecule has 1 aliphatic rings. The lowest BCUT2D eigenvalue weighted by Crippen LogP contribution is -2.29. The highest BCUT2D eigenvalue weighted by Gasteiger charge is 2.29. The molecule has 1 amide bonds. The molecule has 3 aromatic carbocycles. The van der Waals surface area contributed by atoms with Crippen LogP contribution in [0.25, 0.3) is 11.1 Å². The summed E-state index contributed by atoms with van der Waals surface area (Å²) in [4.78, 5) is 25.3. The summed E-state index contributed by atoms with van der Waals surface area (Å²) in [5.74, 6) is -1.02. The third-order valence-electron chi connectivity index (χ3n) is 5.30. The van der Waals surface area contributed by atoms with E-state index in [0.29, 0.717) is 5.56 Å². The van der Waals surface area contributed by atoms with Gasteiger partial charge >= 0.3 is 12.1 Å². The van der Waals surface area contributed by atoms with E-state index in [-0.39, 0.29) is 24.6 Å². The van der Waals surface area contributed by atoms with E-state index in [9.17, 15) is 14.7 Å². The number of carbonyl (C=O) groups is 2. The molecule has 29 heavy (non-hydrogen) atoms. The lowest BCUT2D eigenvalue weighted by Gasteiger charge is -2.20. The predicted molar refractivity (Wildman–Crippen MR) is 110 cm³/mol. The minimum absolute atomic E-state index is 0.00828. The first-order chi connectivity index (χ1) is 14.1. The van der Waals surface area contributed by atoms with Gasteiger partial charge in [-0.15, -0.1) is 0 Å². The van der Waals surface area contributed by atoms with Gasteiger partial charge in [0, 0.05) is 19.5 Å². The van der Waals surface area contributed by atoms with Gasteiger partial charge in [-0.05, 0) is 33.9 Å². The van der Waals surface area contributed by atoms with Crippen molar-refractivity contribution in [3.63, 3.8) is 0 Å². The number of hydrogen-bond donors (Lipinski definition) is 1. The lowest BCUT2D eigenvalue weighted by atomic mass is 9.98. The van der Waals surface area contributed by atoms with Crippen LogP contribution in [0.1, 0.15) is 33.0 Å². The Labute approximate surface area is 169 Å². The average Bonchev–Trinajstić information content (AvgIpc) is 3.06. The molecule has 0 unspecified atom stereocenters. The number of rotatable bonds is 5. The molecule has 0 aromatic heterocycles. The maximum atomic E-state index is 12.6. The first-order valence-electron chi connectivity index (χ1n) is 9.43. The zero-order valence-corrected chi connectivity index (χ0v) is 16.0. The van der Waals surface area contributed by atoms with E-state index in [0.717, 1.165) is 11.1 Å². The van der Waals surface area contributed by atoms with Crippen LogP contribution in [-0.2, 0) is 11.3 Å². The van der Waals surface area contributed by atoms with E-state index in [1.165, 1.54) is 22.1 Å². The molecule has 0 saturated carbocycles. The Morgan fingerprint density at radius 3 is 2.07 bits per heavy atom. The molecule has 4 rings (SSSR count). The summed E-state index contributed by atoms with van der Waals surface area (Å²) in [7, 11) is 1.61. The molecule has 0 fully saturated rings. The maximum absolute atomic E-state index is 12.6. The first kappa shape index (κ1) is 18.7. The molecule has 5 heteroatoms. The van der Waals surface area contributed by atoms with Gasteiger partial charge < -0.3 is 14.7 Å². The number of aromatic carboxylic acids is 1. The Hall–Kier alpha value is -3.60. The van der Waals surface area contributed by atoms with Crippen LogP contribution < -0.4 is 0 Å². The minimum atomic E-state index is -1.01. The normalized spacial score (nSPS) is 12.2. The van der Waals surface area contributed by atoms with E-state index >= 15 is 0 Å². The van der Waals surface area contributed by atoms with Crippen LogP contribution in [0, 0.1) is 0 Å². The molecule has 5 nitrogen and oxygen atoms in total. The maximum Gasteiger partial charge on any atom is 0.409 e. The molecule has 1 aliphatic carbocycles. The number of carbonyl (C=O) groups excluding carboxylic acids is 1. The van der Waals surface area contributed by atoms with Gasteiger partial charge in [-0.2, -0.15) is 0 Å². The first-order valence-corrected chi connectivity index (χ1v) is 9.43. The fraction of sp³-hybridized carbons (Fsp3) is 0.167. The Balaban J connectivity index is 1.47. The van der Waals surface area contributed by atoms with Gasteiger partial charge in [0.25, 0.3) is 0 Å². The van der Waals surface area contributed by atoms with Crippen molar-refractivity contribution in [3.8, 4) is 11.1 Å². The SMILES string of the molecule is CN(Cc1ccccc1C(=O)O)C(=O)OCC1c2ccccc2-c2ccccc21. The number of hydrogen-bond acceptors (Lipinski definition) is 3. The van der Waals surface area contributed by atoms with Gasteiger partial charge in [0.15, 0.2) is 0 Å². The van der Waals surface area contributed by atoms with Gasteiger partial charge in [-0.25, -0.2) is 9.59 Å². The number of nitrogens with zero attached hydrogens (tertiary/aromatic N) is 1. The summed E-state index contributed by atoms with van der Waals surface area (Å²) < 4.78 is 5.61. The van der Waals surface area contributed by atoms with Crippen LogP contribution in [0.3, 0.4) is 0 Å². The molecule has 0 atom stereocenters. The average molecular weight is 387 g/mol. The highest BCUT2D eigenvalue weighted by Crippen LogP contribution is 2.44. The second kappa shape index (κ2) is 7.80. The Bertz CT molecular complexity index is 1030. The summed E-state index contributed by atoms with van der Waals surface area (Å²) >= 11 is 0. The number of fused-ring (bicyclic) bond motifs is 3. The predicted octanol–water partition coefficient (Wildman–Crippen LogP) is 4.77. The molecule has 0 saturated heterocycles. The number of carboxylic acids is 1. The zero-order chi connectivity index (χ0) is 20.4. The number of ether oxygens (including phenoxy) is 1. The second-order valence-electron chi connectivity index (χ2n) is 7.12. The highest BCUT2D eigenvalue weighted by molar-refractivity contribution is 5.89. The monoisotopic (exact) mass is 387 g/mol. The van der Waals surface area contributed by atoms with Crippen LogP contribution in [-0.4, -0.2) is 35.7 Å². The van der Waals surface area contributed by atoms with Crippen LogP contribution in [0.2, 0.25) is 0 Å². The molecule has 0 aliphatic heterocycles. The quantitative estimate of drug-likeness (QED) is 0.685. The largest absolute Gasteiger partial charge is 0.478 e. The molecular weight excluding hydrogens is 366 g/mol. The van der Waals surface area contributed by atoms with Crippen LogP contribution in [0.15, 0.2) is 72.8 Å². The van der Waals surface area contributed by atoms with E-state index in [4.69, 9.17) is 4.74 Å². The van der Waals surface area contributed by atoms with Crippen molar-refractivity contribution in [1.29, 1.82) is 0 Å². The molecule has 146 valence electrons. The number of carboxylic acid groups (broad SMARTS) is 1. The Morgan fingerprint density at radius 2 is 1.45 bits per heavy atom. The van der Waals surface area contributed by atoms with Crippen molar-refractivity contribution < 1.29 is 19.4 Å². The van der Waals surface area contributed by atoms with Gasteiger partial charge in [-0.3, -0.25) is 0 Å². The second-order valence-corrected chi connectivity index (χ2v) is 7.12. The van der Waals surface area contributed by atoms with E-state index in [1.54, 1.807) is 25.2 Å². The molecule has 0 spiro atoms. The van der Waals surface area contributed by atoms with Crippen molar-refractivity contribution in [1.82, 2.24) is 4.90 Å². The molecule has 0 radical (unpaired) electrons. The third-order valence-corrected chi connectivity index (χ3v) is 5.30. The van der Waals surface area contributed by atoms with Crippen LogP contribution in [0.4, 0.5) is 4.79 Å². The van der Waals surface area contributed by atoms with Gasteiger partial charge in [0.2, 0.25) is 0 Å². The molecule has 3 aromatic rings. The number of benzene rings is 3. The highest BCUT2D eigenvalue weighted by atomic mass is 16.6. The van der Waals surface area contributed by atoms with Crippen molar-refractivity contribution >= 4 is 12.1 Å². The van der Waals surface area contributed by atoms with E-state index in [2.05, 4.69) is 24.3 Å². The topological polar surface area (TPSA) is 66.8 Å². The van der Waals surface area contributed by atoms with E-state index in [1.807, 2.05) is 24.3 Å². The summed E-state index contributed by atoms with van der Waals surface area (Å²) in [5, 5.41) is 9.32. The van der Waals surface area contributed by atoms with Crippen molar-refractivity contribution in [2.75, 3.05) is 13.7 Å². The summed E-state index contributed by atoms with van der Waals surface area (Å²) in [6.45, 7) is 0.400. The Morgan fingerprint density at radius 1 is 0.897 bits per heavy atom. The fourth-order valence-corrected chi connectivity index (χ4v) is 3.89. The standard InChI is InChI=1S/C24H21NO4/c1-25(14-16-8-2-3-9-17(16)23(26)27)24(28)29-15-22-20-12-6-4-10-18(20)19-11-5-7-13-21(19)22/h2-13,22H,14-15H2,1H3,(H,26,27). The summed E-state index contributed by atoms with van der Waals surface area (Å²) in [6, 6.07) is 23.0. The van der Waals surface area contributed by atoms with Crippen molar-refractivity contribution in [2.45, 2.75) is 12.5 Å². The minimum Gasteiger partial charge on any atom is -0.478 e. The molecule has 0 heterocycles. The summed E-state index contributed by atoms with van der Waals surface area (Å²) in [6.07, 6.45) is -0.480. The summed E-state index contributed by atoms with van der Waals surface area (Å²) in [5.41, 5.74) is 5.41. The fourth-order valence-electron chi connectivity index (χ4n) is 3.89. The zero-order valence-electron chi connectivity index (χ0n) is 16.0. The van der Waals surface area contributed by atoms with Crippen molar-refractivity contribution in [2.24, 2.45) is 0 Å². The lowest BCUT2D eigenvalue weighted by molar-refractivity contribution is 0.0692. The Kier molecular flexibility index (Phi) is 5.04. The van der Waals surface area contributed by atoms with Gasteiger partial charge in [-0.1, -0.05) is 66.7 Å². The van der Waals surface area contributed by atoms with E-state index < -0.39 is 12.1 Å². The molecule has 0 bridgehead atoms. The van der Waals surface area contributed by atoms with Gasteiger partial charge in [0.05, 0.1) is 5.56 Å². The van der Waals surface area contributed by atoms with Gasteiger partial charge in [0.1, 0.15) is 6.61 Å². The smallest absolute Gasteiger partial charge is 0.409 e. The van der Waals surface area contributed by atoms with Crippen LogP contribution in [0.5, 0.6) is 0 Å². The van der Waals surface area contributed by atoms with Crippen molar-refractivity contribution in [3.05, 3.63) is 95.1 Å². The van der Waals surface area contributed by atoms with Crippen LogP contribution >= 0.6 is 0 Å².